The van der Waals surface area contributed by atoms with Crippen molar-refractivity contribution in [3.8, 4) is 0 Å². The molecule has 0 bridgehead atoms. The van der Waals surface area contributed by atoms with Crippen LogP contribution in [0.15, 0.2) is 11.8 Å². The molecule has 0 aromatic carbocycles. The number of carbonyl (C=O) groups excluding carboxylic acids is 2. The van der Waals surface area contributed by atoms with Gasteiger partial charge in [-0.1, -0.05) is 6.92 Å². The first-order valence-electron chi connectivity index (χ1n) is 3.53. The first-order valence-corrected chi connectivity index (χ1v) is 3.53. The van der Waals surface area contributed by atoms with E-state index in [9.17, 15) is 9.59 Å². The van der Waals surface area contributed by atoms with Gasteiger partial charge in [0.25, 0.3) is 0 Å². The summed E-state index contributed by atoms with van der Waals surface area (Å²) in [5.74, 6) is 0.0570. The molecule has 0 N–H and O–H groups in total. The van der Waals surface area contributed by atoms with Crippen LogP contribution in [0.3, 0.4) is 0 Å². The minimum absolute atomic E-state index is 0.289. The predicted octanol–water partition coefficient (Wildman–Crippen LogP) is 1.43. The maximum Gasteiger partial charge on any atom is 0.310 e. The number of ether oxygens (including phenoxy) is 1. The van der Waals surface area contributed by atoms with Gasteiger partial charge < -0.3 is 4.74 Å². The van der Waals surface area contributed by atoms with Crippen molar-refractivity contribution in [2.45, 2.75) is 26.7 Å². The third-order valence-electron chi connectivity index (χ3n) is 1.03. The zero-order valence-corrected chi connectivity index (χ0v) is 6.79. The zero-order chi connectivity index (χ0) is 8.69. The molecule has 0 saturated heterocycles. The van der Waals surface area contributed by atoms with Gasteiger partial charge in [0.05, 0.1) is 0 Å². The molecule has 0 aromatic rings. The van der Waals surface area contributed by atoms with Crippen LogP contribution in [-0.2, 0) is 14.3 Å². The van der Waals surface area contributed by atoms with Crippen molar-refractivity contribution in [2.75, 3.05) is 0 Å². The van der Waals surface area contributed by atoms with E-state index in [0.717, 1.165) is 6.42 Å². The highest BCUT2D eigenvalue weighted by molar-refractivity contribution is 5.72. The molecule has 11 heavy (non-hydrogen) atoms. The van der Waals surface area contributed by atoms with Gasteiger partial charge in [-0.15, -0.1) is 0 Å². The Kier molecular flexibility index (Phi) is 5.07. The Morgan fingerprint density at radius 2 is 2.18 bits per heavy atom. The average Bonchev–Trinajstić information content (AvgIpc) is 1.87. The summed E-state index contributed by atoms with van der Waals surface area (Å²) >= 11 is 0. The Bertz CT molecular complexity index is 170. The minimum Gasteiger partial charge on any atom is -0.431 e. The van der Waals surface area contributed by atoms with Gasteiger partial charge in [-0.2, -0.15) is 0 Å². The molecule has 62 valence electrons. The SMILES string of the molecule is CCCC(=O)OC(C)=CC=O. The summed E-state index contributed by atoms with van der Waals surface area (Å²) in [6, 6.07) is 0. The van der Waals surface area contributed by atoms with Gasteiger partial charge in [0, 0.05) is 12.5 Å². The zero-order valence-electron chi connectivity index (χ0n) is 6.79. The Labute approximate surface area is 66.0 Å². The lowest BCUT2D eigenvalue weighted by molar-refractivity contribution is -0.139. The molecule has 0 aromatic heterocycles. The maximum absolute atomic E-state index is 10.7. The third kappa shape index (κ3) is 5.33. The van der Waals surface area contributed by atoms with Crippen molar-refractivity contribution in [1.29, 1.82) is 0 Å². The van der Waals surface area contributed by atoms with Gasteiger partial charge in [-0.3, -0.25) is 9.59 Å². The van der Waals surface area contributed by atoms with Crippen LogP contribution in [0.1, 0.15) is 26.7 Å². The summed E-state index contributed by atoms with van der Waals surface area (Å²) in [4.78, 5) is 20.6. The second-order valence-electron chi connectivity index (χ2n) is 2.14. The van der Waals surface area contributed by atoms with E-state index >= 15 is 0 Å². The molecular weight excluding hydrogens is 144 g/mol. The van der Waals surface area contributed by atoms with Gasteiger partial charge in [0.15, 0.2) is 0 Å². The van der Waals surface area contributed by atoms with Gasteiger partial charge in [-0.05, 0) is 13.3 Å². The van der Waals surface area contributed by atoms with Crippen LogP contribution in [0.2, 0.25) is 0 Å². The quantitative estimate of drug-likeness (QED) is 0.267. The molecule has 0 saturated carbocycles. The summed E-state index contributed by atoms with van der Waals surface area (Å²) in [6.45, 7) is 3.46. The molecule has 0 aliphatic heterocycles. The normalized spacial score (nSPS) is 10.9. The second-order valence-corrected chi connectivity index (χ2v) is 2.14. The van der Waals surface area contributed by atoms with E-state index < -0.39 is 0 Å². The lowest BCUT2D eigenvalue weighted by atomic mass is 10.3. The van der Waals surface area contributed by atoms with Crippen molar-refractivity contribution in [3.05, 3.63) is 11.8 Å². The predicted molar refractivity (Wildman–Crippen MR) is 40.8 cm³/mol. The van der Waals surface area contributed by atoms with Crippen molar-refractivity contribution >= 4 is 12.3 Å². The minimum atomic E-state index is -0.289. The van der Waals surface area contributed by atoms with Gasteiger partial charge in [-0.25, -0.2) is 0 Å². The van der Waals surface area contributed by atoms with Crippen LogP contribution in [0, 0.1) is 0 Å². The number of esters is 1. The van der Waals surface area contributed by atoms with E-state index in [1.54, 1.807) is 6.92 Å². The van der Waals surface area contributed by atoms with Gasteiger partial charge >= 0.3 is 5.97 Å². The summed E-state index contributed by atoms with van der Waals surface area (Å²) in [7, 11) is 0. The van der Waals surface area contributed by atoms with E-state index in [4.69, 9.17) is 4.74 Å². The van der Waals surface area contributed by atoms with E-state index in [0.29, 0.717) is 18.5 Å². The summed E-state index contributed by atoms with van der Waals surface area (Å²) in [6.07, 6.45) is 2.96. The number of carbonyl (C=O) groups is 2. The van der Waals surface area contributed by atoms with Gasteiger partial charge in [0.2, 0.25) is 0 Å². The first-order chi connectivity index (χ1) is 5.20. The molecule has 0 radical (unpaired) electrons. The summed E-state index contributed by atoms with van der Waals surface area (Å²) in [5.41, 5.74) is 0. The molecule has 0 amide bonds. The lowest BCUT2D eigenvalue weighted by Gasteiger charge is -2.00. The monoisotopic (exact) mass is 156 g/mol. The molecule has 0 spiro atoms. The molecule has 0 rings (SSSR count). The van der Waals surface area contributed by atoms with Crippen LogP contribution >= 0.6 is 0 Å². The van der Waals surface area contributed by atoms with E-state index in [1.807, 2.05) is 6.92 Å². The Balaban J connectivity index is 3.74. The topological polar surface area (TPSA) is 43.4 Å². The highest BCUT2D eigenvalue weighted by Gasteiger charge is 2.00. The van der Waals surface area contributed by atoms with Crippen molar-refractivity contribution in [1.82, 2.24) is 0 Å². The van der Waals surface area contributed by atoms with Crippen LogP contribution in [0.25, 0.3) is 0 Å². The fourth-order valence-electron chi connectivity index (χ4n) is 0.565. The molecule has 0 aliphatic rings. The molecular formula is C8H12O3. The van der Waals surface area contributed by atoms with Crippen LogP contribution in [0.5, 0.6) is 0 Å². The number of hydrogen-bond acceptors (Lipinski definition) is 3. The molecule has 3 nitrogen and oxygen atoms in total. The van der Waals surface area contributed by atoms with E-state index in [1.165, 1.54) is 6.08 Å². The molecule has 0 unspecified atom stereocenters. The van der Waals surface area contributed by atoms with Crippen molar-refractivity contribution < 1.29 is 14.3 Å². The molecule has 0 aliphatic carbocycles. The number of rotatable bonds is 4. The first kappa shape index (κ1) is 9.88. The van der Waals surface area contributed by atoms with Crippen LogP contribution in [-0.4, -0.2) is 12.3 Å². The maximum atomic E-state index is 10.7. The number of allylic oxidation sites excluding steroid dienone is 2. The second kappa shape index (κ2) is 5.65. The third-order valence-corrected chi connectivity index (χ3v) is 1.03. The standard InChI is InChI=1S/C8H12O3/c1-3-4-8(10)11-7(2)5-6-9/h5-6H,3-4H2,1-2H3. The Morgan fingerprint density at radius 1 is 1.55 bits per heavy atom. The highest BCUT2D eigenvalue weighted by Crippen LogP contribution is 1.98. The average molecular weight is 156 g/mol. The van der Waals surface area contributed by atoms with Gasteiger partial charge in [0.1, 0.15) is 12.0 Å². The number of hydrogen-bond donors (Lipinski definition) is 0. The Morgan fingerprint density at radius 3 is 2.64 bits per heavy atom. The molecule has 0 atom stereocenters. The Hall–Kier alpha value is -1.12. The molecule has 0 fully saturated rings. The smallest absolute Gasteiger partial charge is 0.310 e. The fraction of sp³-hybridized carbons (Fsp3) is 0.500. The number of aldehydes is 1. The van der Waals surface area contributed by atoms with Crippen LogP contribution in [0.4, 0.5) is 0 Å². The summed E-state index contributed by atoms with van der Waals surface area (Å²) < 4.78 is 4.72. The van der Waals surface area contributed by atoms with E-state index in [-0.39, 0.29) is 5.97 Å². The van der Waals surface area contributed by atoms with E-state index in [2.05, 4.69) is 0 Å². The highest BCUT2D eigenvalue weighted by atomic mass is 16.5. The fourth-order valence-corrected chi connectivity index (χ4v) is 0.565. The molecule has 0 heterocycles. The van der Waals surface area contributed by atoms with Crippen molar-refractivity contribution in [3.63, 3.8) is 0 Å². The lowest BCUT2D eigenvalue weighted by Crippen LogP contribution is -2.01. The van der Waals surface area contributed by atoms with Crippen LogP contribution < -0.4 is 0 Å². The summed E-state index contributed by atoms with van der Waals surface area (Å²) in [5, 5.41) is 0. The largest absolute Gasteiger partial charge is 0.431 e. The van der Waals surface area contributed by atoms with Crippen molar-refractivity contribution in [2.24, 2.45) is 0 Å². The molecule has 3 heteroatoms.